The Bertz CT molecular complexity index is 1010. The molecule has 3 heterocycles. The van der Waals surface area contributed by atoms with Crippen LogP contribution in [0.2, 0.25) is 0 Å². The van der Waals surface area contributed by atoms with Crippen molar-refractivity contribution >= 4 is 51.7 Å². The molecule has 0 aliphatic carbocycles. The van der Waals surface area contributed by atoms with Crippen LogP contribution in [0.15, 0.2) is 28.0 Å². The Hall–Kier alpha value is -2.19. The molecule has 8 heteroatoms. The van der Waals surface area contributed by atoms with Gasteiger partial charge in [-0.1, -0.05) is 43.9 Å². The second kappa shape index (κ2) is 7.82. The molecule has 0 spiro atoms. The van der Waals surface area contributed by atoms with Crippen molar-refractivity contribution in [2.45, 2.75) is 27.7 Å². The maximum Gasteiger partial charge on any atom is 0.267 e. The number of anilines is 1. The zero-order valence-electron chi connectivity index (χ0n) is 15.8. The van der Waals surface area contributed by atoms with Gasteiger partial charge in [-0.25, -0.2) is 4.98 Å². The van der Waals surface area contributed by atoms with Crippen molar-refractivity contribution in [1.29, 1.82) is 0 Å². The number of pyridine rings is 1. The van der Waals surface area contributed by atoms with Crippen molar-refractivity contribution in [3.8, 4) is 0 Å². The zero-order chi connectivity index (χ0) is 19.7. The average Bonchev–Trinajstić information content (AvgIpc) is 2.89. The molecule has 1 aliphatic rings. The Morgan fingerprint density at radius 2 is 2.07 bits per heavy atom. The molecule has 2 aromatic heterocycles. The van der Waals surface area contributed by atoms with Crippen LogP contribution in [0.25, 0.3) is 11.7 Å². The van der Waals surface area contributed by atoms with Gasteiger partial charge in [0.2, 0.25) is 0 Å². The summed E-state index contributed by atoms with van der Waals surface area (Å²) in [6, 6.07) is 3.73. The van der Waals surface area contributed by atoms with Crippen LogP contribution in [0.4, 0.5) is 5.82 Å². The number of nitrogens with one attached hydrogen (secondary N) is 1. The van der Waals surface area contributed by atoms with Gasteiger partial charge in [0.1, 0.15) is 15.8 Å². The van der Waals surface area contributed by atoms with Crippen LogP contribution in [0.1, 0.15) is 31.9 Å². The Kier molecular flexibility index (Phi) is 5.67. The van der Waals surface area contributed by atoms with Gasteiger partial charge >= 0.3 is 0 Å². The minimum absolute atomic E-state index is 0.170. The number of fused-ring (bicyclic) bond motifs is 1. The minimum Gasteiger partial charge on any atom is -0.369 e. The van der Waals surface area contributed by atoms with Gasteiger partial charge < -0.3 is 5.32 Å². The number of amides is 1. The van der Waals surface area contributed by atoms with E-state index >= 15 is 0 Å². The van der Waals surface area contributed by atoms with E-state index in [4.69, 9.17) is 12.2 Å². The first-order valence-electron chi connectivity index (χ1n) is 8.84. The number of aromatic nitrogens is 2. The first-order chi connectivity index (χ1) is 12.8. The van der Waals surface area contributed by atoms with Crippen molar-refractivity contribution in [1.82, 2.24) is 14.3 Å². The number of thiocarbonyl (C=S) groups is 1. The smallest absolute Gasteiger partial charge is 0.267 e. The molecule has 0 aromatic carbocycles. The summed E-state index contributed by atoms with van der Waals surface area (Å²) >= 11 is 6.48. The molecule has 0 bridgehead atoms. The highest BCUT2D eigenvalue weighted by Gasteiger charge is 2.31. The summed E-state index contributed by atoms with van der Waals surface area (Å²) in [5, 5.41) is 3.25. The van der Waals surface area contributed by atoms with E-state index in [2.05, 4.69) is 24.1 Å². The summed E-state index contributed by atoms with van der Waals surface area (Å²) < 4.78 is 2.03. The van der Waals surface area contributed by atoms with Crippen LogP contribution in [0, 0.1) is 12.8 Å². The highest BCUT2D eigenvalue weighted by atomic mass is 32.2. The lowest BCUT2D eigenvalue weighted by atomic mass is 10.2. The van der Waals surface area contributed by atoms with Crippen molar-refractivity contribution in [3.05, 3.63) is 44.7 Å². The van der Waals surface area contributed by atoms with Crippen LogP contribution in [-0.2, 0) is 4.79 Å². The third kappa shape index (κ3) is 3.91. The molecule has 2 aromatic rings. The maximum absolute atomic E-state index is 13.1. The van der Waals surface area contributed by atoms with Gasteiger partial charge in [-0.3, -0.25) is 18.9 Å². The molecule has 0 saturated carbocycles. The molecular formula is C19H22N4O2S2. The number of aryl methyl sites for hydroxylation is 1. The molecule has 0 atom stereocenters. The summed E-state index contributed by atoms with van der Waals surface area (Å²) in [6.45, 7) is 9.13. The van der Waals surface area contributed by atoms with Crippen molar-refractivity contribution in [2.75, 3.05) is 18.4 Å². The number of hydrogen-bond donors (Lipinski definition) is 1. The van der Waals surface area contributed by atoms with E-state index in [9.17, 15) is 9.59 Å². The summed E-state index contributed by atoms with van der Waals surface area (Å²) in [4.78, 5) is 32.3. The predicted octanol–water partition coefficient (Wildman–Crippen LogP) is 3.29. The van der Waals surface area contributed by atoms with Crippen LogP contribution in [0.5, 0.6) is 0 Å². The van der Waals surface area contributed by atoms with Crippen LogP contribution < -0.4 is 10.9 Å². The number of rotatable bonds is 5. The Balaban J connectivity index is 2.17. The molecule has 1 aliphatic heterocycles. The molecule has 142 valence electrons. The summed E-state index contributed by atoms with van der Waals surface area (Å²) in [5.41, 5.74) is 1.68. The molecule has 1 amide bonds. The quantitative estimate of drug-likeness (QED) is 0.611. The van der Waals surface area contributed by atoms with E-state index in [0.717, 1.165) is 5.56 Å². The minimum atomic E-state index is -0.211. The summed E-state index contributed by atoms with van der Waals surface area (Å²) in [5.74, 6) is 0.699. The number of carbonyl (C=O) groups excluding carboxylic acids is 1. The molecule has 27 heavy (non-hydrogen) atoms. The Morgan fingerprint density at radius 3 is 2.70 bits per heavy atom. The lowest BCUT2D eigenvalue weighted by molar-refractivity contribution is -0.121. The van der Waals surface area contributed by atoms with E-state index in [-0.39, 0.29) is 11.5 Å². The van der Waals surface area contributed by atoms with Crippen LogP contribution in [-0.4, -0.2) is 37.6 Å². The van der Waals surface area contributed by atoms with Gasteiger partial charge in [0, 0.05) is 19.3 Å². The fourth-order valence-corrected chi connectivity index (χ4v) is 4.09. The number of nitrogens with zero attached hydrogens (tertiary/aromatic N) is 3. The third-order valence-electron chi connectivity index (χ3n) is 4.15. The van der Waals surface area contributed by atoms with Gasteiger partial charge in [0.25, 0.3) is 11.5 Å². The first-order valence-corrected chi connectivity index (χ1v) is 10.1. The molecule has 0 radical (unpaired) electrons. The van der Waals surface area contributed by atoms with Crippen molar-refractivity contribution < 1.29 is 4.79 Å². The number of likely N-dealkylation sites (N-methyl/N-ethyl adjacent to an activating group) is 1. The van der Waals surface area contributed by atoms with E-state index in [1.807, 2.05) is 26.0 Å². The van der Waals surface area contributed by atoms with Crippen molar-refractivity contribution in [3.63, 3.8) is 0 Å². The normalized spacial score (nSPS) is 16.2. The summed E-state index contributed by atoms with van der Waals surface area (Å²) in [6.07, 6.45) is 3.37. The predicted molar refractivity (Wildman–Crippen MR) is 115 cm³/mol. The highest BCUT2D eigenvalue weighted by Crippen LogP contribution is 2.32. The summed E-state index contributed by atoms with van der Waals surface area (Å²) in [7, 11) is 0. The monoisotopic (exact) mass is 402 g/mol. The lowest BCUT2D eigenvalue weighted by Gasteiger charge is -2.13. The lowest BCUT2D eigenvalue weighted by Crippen LogP contribution is -2.27. The third-order valence-corrected chi connectivity index (χ3v) is 5.53. The van der Waals surface area contributed by atoms with E-state index in [0.29, 0.717) is 45.3 Å². The standard InChI is InChI=1S/C19H22N4O2S2/c1-5-22-18(25)14(27-19(22)26)8-13-16(20-9-11(2)3)21-15-7-6-12(4)10-23(15)17(13)24/h6-8,10-11,20H,5,9H2,1-4H3/b14-8-. The van der Waals surface area contributed by atoms with Gasteiger partial charge in [0.05, 0.1) is 10.5 Å². The molecule has 6 nitrogen and oxygen atoms in total. The Morgan fingerprint density at radius 1 is 1.33 bits per heavy atom. The van der Waals surface area contributed by atoms with Crippen molar-refractivity contribution in [2.24, 2.45) is 5.92 Å². The van der Waals surface area contributed by atoms with E-state index < -0.39 is 0 Å². The molecule has 1 fully saturated rings. The van der Waals surface area contributed by atoms with E-state index in [1.165, 1.54) is 21.1 Å². The highest BCUT2D eigenvalue weighted by molar-refractivity contribution is 8.26. The molecular weight excluding hydrogens is 380 g/mol. The second-order valence-electron chi connectivity index (χ2n) is 6.81. The molecule has 1 N–H and O–H groups in total. The van der Waals surface area contributed by atoms with Crippen LogP contribution >= 0.6 is 24.0 Å². The van der Waals surface area contributed by atoms with Crippen LogP contribution in [0.3, 0.4) is 0 Å². The fourth-order valence-electron chi connectivity index (χ4n) is 2.73. The van der Waals surface area contributed by atoms with Gasteiger partial charge in [-0.05, 0) is 37.5 Å². The topological polar surface area (TPSA) is 66.7 Å². The largest absolute Gasteiger partial charge is 0.369 e. The first kappa shape index (κ1) is 19.6. The SMILES string of the molecule is CCN1C(=O)/C(=C/c2c(NCC(C)C)nc3ccc(C)cn3c2=O)SC1=S. The van der Waals surface area contributed by atoms with E-state index in [1.54, 1.807) is 12.3 Å². The molecule has 3 rings (SSSR count). The number of thioether (sulfide) groups is 1. The van der Waals surface area contributed by atoms with Gasteiger partial charge in [-0.2, -0.15) is 0 Å². The van der Waals surface area contributed by atoms with Gasteiger partial charge in [-0.15, -0.1) is 0 Å². The van der Waals surface area contributed by atoms with Gasteiger partial charge in [0.15, 0.2) is 0 Å². The Labute approximate surface area is 167 Å². The number of carbonyl (C=O) groups is 1. The zero-order valence-corrected chi connectivity index (χ0v) is 17.4. The average molecular weight is 403 g/mol. The molecule has 1 saturated heterocycles. The molecule has 0 unspecified atom stereocenters. The number of hydrogen-bond acceptors (Lipinski definition) is 6. The fraction of sp³-hybridized carbons (Fsp3) is 0.368. The second-order valence-corrected chi connectivity index (χ2v) is 8.49. The maximum atomic E-state index is 13.1.